The summed E-state index contributed by atoms with van der Waals surface area (Å²) in [5.41, 5.74) is 0. The van der Waals surface area contributed by atoms with Gasteiger partial charge >= 0.3 is 16.4 Å². The minimum atomic E-state index is -4.57. The second-order valence-electron chi connectivity index (χ2n) is 1.00. The number of carbonyl (C=O) groups excluding carboxylic acids is 1. The zero-order valence-electron chi connectivity index (χ0n) is 4.49. The van der Waals surface area contributed by atoms with Gasteiger partial charge in [-0.3, -0.25) is 9.35 Å². The molecule has 0 aliphatic carbocycles. The van der Waals surface area contributed by atoms with Crippen LogP contribution in [0.4, 0.5) is 0 Å². The fraction of sp³-hybridized carbons (Fsp3) is 0.500. The molecule has 9 heavy (non-hydrogen) atoms. The summed E-state index contributed by atoms with van der Waals surface area (Å²) in [5.74, 6) is -1.06. The minimum Gasteiger partial charge on any atom is -0.412 e. The molecule has 0 aromatic heterocycles. The summed E-state index contributed by atoms with van der Waals surface area (Å²) in [5, 5.41) is 0. The van der Waals surface area contributed by atoms with Gasteiger partial charge in [0.1, 0.15) is 0 Å². The molecule has 0 bridgehead atoms. The Morgan fingerprint density at radius 3 is 1.89 bits per heavy atom. The van der Waals surface area contributed by atoms with Gasteiger partial charge in [-0.1, -0.05) is 0 Å². The summed E-state index contributed by atoms with van der Waals surface area (Å²) >= 11 is 0. The largest absolute Gasteiger partial charge is 0.448 e. The maximum Gasteiger partial charge on any atom is 0.448 e. The predicted molar refractivity (Wildman–Crippen MR) is 26.9 cm³/mol. The van der Waals surface area contributed by atoms with Crippen LogP contribution in [0.5, 0.6) is 0 Å². The number of hydrogen-bond donors (Lipinski definition) is 1. The van der Waals surface area contributed by atoms with Crippen LogP contribution in [0.1, 0.15) is 6.92 Å². The molecule has 0 spiro atoms. The molecular formula is C2H6O6S. The molecule has 0 saturated heterocycles. The van der Waals surface area contributed by atoms with E-state index in [9.17, 15) is 13.2 Å². The summed E-state index contributed by atoms with van der Waals surface area (Å²) in [6, 6.07) is 0. The van der Waals surface area contributed by atoms with E-state index in [2.05, 4.69) is 4.18 Å². The van der Waals surface area contributed by atoms with Crippen LogP contribution in [0.15, 0.2) is 0 Å². The first-order chi connectivity index (χ1) is 3.42. The molecule has 0 rings (SSSR count). The van der Waals surface area contributed by atoms with E-state index >= 15 is 0 Å². The molecule has 6 nitrogen and oxygen atoms in total. The molecule has 0 aromatic rings. The molecular weight excluding hydrogens is 152 g/mol. The zero-order chi connectivity index (χ0) is 6.78. The van der Waals surface area contributed by atoms with E-state index in [0.717, 1.165) is 6.92 Å². The SMILES string of the molecule is CC(=O)OS(=O)(=O)O.O. The Morgan fingerprint density at radius 2 is 1.89 bits per heavy atom. The van der Waals surface area contributed by atoms with Crippen molar-refractivity contribution in [1.82, 2.24) is 0 Å². The fourth-order valence-corrected chi connectivity index (χ4v) is 0.445. The third-order valence-electron chi connectivity index (χ3n) is 0.223. The van der Waals surface area contributed by atoms with E-state index in [-0.39, 0.29) is 5.48 Å². The molecule has 0 atom stereocenters. The van der Waals surface area contributed by atoms with Crippen LogP contribution in [0.25, 0.3) is 0 Å². The minimum absolute atomic E-state index is 0. The predicted octanol–water partition coefficient (Wildman–Crippen LogP) is -1.47. The smallest absolute Gasteiger partial charge is 0.412 e. The topological polar surface area (TPSA) is 112 Å². The van der Waals surface area contributed by atoms with E-state index in [1.807, 2.05) is 0 Å². The molecule has 0 aliphatic rings. The van der Waals surface area contributed by atoms with Crippen molar-refractivity contribution in [2.45, 2.75) is 6.92 Å². The summed E-state index contributed by atoms with van der Waals surface area (Å²) < 4.78 is 30.2. The first-order valence-corrected chi connectivity index (χ1v) is 2.96. The number of hydrogen-bond acceptors (Lipinski definition) is 4. The van der Waals surface area contributed by atoms with Crippen LogP contribution < -0.4 is 0 Å². The van der Waals surface area contributed by atoms with Gasteiger partial charge < -0.3 is 9.66 Å². The number of carbonyl (C=O) groups is 1. The second-order valence-corrected chi connectivity index (χ2v) is 2.02. The van der Waals surface area contributed by atoms with Crippen molar-refractivity contribution in [2.24, 2.45) is 0 Å². The van der Waals surface area contributed by atoms with E-state index in [4.69, 9.17) is 4.55 Å². The normalized spacial score (nSPS) is 9.56. The highest BCUT2D eigenvalue weighted by Crippen LogP contribution is 1.84. The Bertz CT molecular complexity index is 177. The van der Waals surface area contributed by atoms with Crippen molar-refractivity contribution in [3.63, 3.8) is 0 Å². The van der Waals surface area contributed by atoms with Crippen molar-refractivity contribution in [3.05, 3.63) is 0 Å². The van der Waals surface area contributed by atoms with Gasteiger partial charge in [-0.25, -0.2) is 0 Å². The van der Waals surface area contributed by atoms with E-state index in [0.29, 0.717) is 0 Å². The maximum absolute atomic E-state index is 9.70. The fourth-order valence-electron chi connectivity index (χ4n) is 0.148. The van der Waals surface area contributed by atoms with Crippen molar-refractivity contribution in [2.75, 3.05) is 0 Å². The van der Waals surface area contributed by atoms with Gasteiger partial charge in [0.25, 0.3) is 0 Å². The number of rotatable bonds is 1. The van der Waals surface area contributed by atoms with Crippen LogP contribution in [0.2, 0.25) is 0 Å². The summed E-state index contributed by atoms with van der Waals surface area (Å²) in [4.78, 5) is 9.70. The van der Waals surface area contributed by atoms with Gasteiger partial charge in [0.05, 0.1) is 0 Å². The molecule has 0 fully saturated rings. The lowest BCUT2D eigenvalue weighted by atomic mass is 10.9. The summed E-state index contributed by atoms with van der Waals surface area (Å²) in [7, 11) is -4.57. The Morgan fingerprint density at radius 1 is 1.56 bits per heavy atom. The lowest BCUT2D eigenvalue weighted by molar-refractivity contribution is -0.131. The molecule has 0 radical (unpaired) electrons. The van der Waals surface area contributed by atoms with Gasteiger partial charge in [-0.15, -0.1) is 0 Å². The van der Waals surface area contributed by atoms with Crippen molar-refractivity contribution >= 4 is 16.4 Å². The first-order valence-electron chi connectivity index (χ1n) is 1.59. The first kappa shape index (κ1) is 11.2. The van der Waals surface area contributed by atoms with E-state index in [1.54, 1.807) is 0 Å². The lowest BCUT2D eigenvalue weighted by Gasteiger charge is -1.90. The highest BCUT2D eigenvalue weighted by Gasteiger charge is 2.06. The molecule has 0 aromatic carbocycles. The molecule has 56 valence electrons. The second kappa shape index (κ2) is 3.38. The third-order valence-corrected chi connectivity index (χ3v) is 0.668. The van der Waals surface area contributed by atoms with Crippen LogP contribution in [-0.2, 0) is 19.4 Å². The quantitative estimate of drug-likeness (QED) is 0.468. The Labute approximate surface area is 51.7 Å². The van der Waals surface area contributed by atoms with Crippen LogP contribution in [0, 0.1) is 0 Å². The molecule has 0 heterocycles. The summed E-state index contributed by atoms with van der Waals surface area (Å²) in [6.07, 6.45) is 0. The molecule has 0 amide bonds. The molecule has 0 saturated carbocycles. The molecule has 0 aliphatic heterocycles. The van der Waals surface area contributed by atoms with Crippen molar-refractivity contribution < 1.29 is 27.4 Å². The van der Waals surface area contributed by atoms with Crippen molar-refractivity contribution in [3.8, 4) is 0 Å². The summed E-state index contributed by atoms with van der Waals surface area (Å²) in [6.45, 7) is 0.869. The van der Waals surface area contributed by atoms with Gasteiger partial charge in [0, 0.05) is 6.92 Å². The van der Waals surface area contributed by atoms with Gasteiger partial charge in [0.2, 0.25) is 0 Å². The third kappa shape index (κ3) is 11.1. The highest BCUT2D eigenvalue weighted by atomic mass is 32.3. The van der Waals surface area contributed by atoms with Crippen LogP contribution >= 0.6 is 0 Å². The Hall–Kier alpha value is -0.660. The molecule has 0 unspecified atom stereocenters. The average molecular weight is 158 g/mol. The standard InChI is InChI=1S/C2H4O5S.H2O/c1-2(3)7-8(4,5)6;/h1H3,(H,4,5,6);1H2. The monoisotopic (exact) mass is 158 g/mol. The van der Waals surface area contributed by atoms with Gasteiger partial charge in [-0.05, 0) is 0 Å². The average Bonchev–Trinajstić information content (AvgIpc) is 1.21. The van der Waals surface area contributed by atoms with E-state index < -0.39 is 16.4 Å². The van der Waals surface area contributed by atoms with Crippen LogP contribution in [-0.4, -0.2) is 24.4 Å². The zero-order valence-corrected chi connectivity index (χ0v) is 5.30. The van der Waals surface area contributed by atoms with Crippen LogP contribution in [0.3, 0.4) is 0 Å². The van der Waals surface area contributed by atoms with E-state index in [1.165, 1.54) is 0 Å². The molecule has 7 heteroatoms. The van der Waals surface area contributed by atoms with Gasteiger partial charge in [-0.2, -0.15) is 8.42 Å². The van der Waals surface area contributed by atoms with Crippen molar-refractivity contribution in [1.29, 1.82) is 0 Å². The lowest BCUT2D eigenvalue weighted by Crippen LogP contribution is -2.07. The Kier molecular flexibility index (Phi) is 4.20. The Balaban J connectivity index is 0. The maximum atomic E-state index is 9.70. The highest BCUT2D eigenvalue weighted by molar-refractivity contribution is 7.81. The molecule has 3 N–H and O–H groups in total. The van der Waals surface area contributed by atoms with Gasteiger partial charge in [0.15, 0.2) is 0 Å².